The van der Waals surface area contributed by atoms with Crippen molar-refractivity contribution in [3.8, 4) is 17.3 Å². The molecule has 10 rings (SSSR count). The van der Waals surface area contributed by atoms with Crippen LogP contribution in [0.1, 0.15) is 0 Å². The third-order valence-corrected chi connectivity index (χ3v) is 8.70. The second kappa shape index (κ2) is 8.69. The fraction of sp³-hybridized carbons (Fsp3) is 0. The summed E-state index contributed by atoms with van der Waals surface area (Å²) in [4.78, 5) is 20.1. The van der Waals surface area contributed by atoms with Gasteiger partial charge in [-0.3, -0.25) is 4.57 Å². The Morgan fingerprint density at radius 2 is 1.11 bits per heavy atom. The molecule has 0 N–H and O–H groups in total. The first-order valence-electron chi connectivity index (χ1n) is 14.6. The van der Waals surface area contributed by atoms with Crippen molar-refractivity contribution >= 4 is 76.3 Å². The van der Waals surface area contributed by atoms with Gasteiger partial charge in [0, 0.05) is 56.3 Å². The van der Waals surface area contributed by atoms with Crippen LogP contribution in [0.5, 0.6) is 0 Å². The number of para-hydroxylation sites is 2. The quantitative estimate of drug-likeness (QED) is 0.196. The molecule has 4 aromatic heterocycles. The number of nitrogens with zero attached hydrogens (tertiary/aromatic N) is 5. The first-order chi connectivity index (χ1) is 21.8. The number of aromatic nitrogens is 5. The SMILES string of the molecule is c1ccc(-c2ncc3c4ccccc4c4cnc(-n5c6ccccc6c6cc7c(cc65)oc5ccccc57)nc4c3n2)cc1. The van der Waals surface area contributed by atoms with Gasteiger partial charge in [0.05, 0.1) is 11.0 Å². The van der Waals surface area contributed by atoms with Crippen molar-refractivity contribution in [3.05, 3.63) is 128 Å². The molecule has 0 bridgehead atoms. The highest BCUT2D eigenvalue weighted by atomic mass is 16.3. The van der Waals surface area contributed by atoms with E-state index < -0.39 is 0 Å². The monoisotopic (exact) mass is 563 g/mol. The Bertz CT molecular complexity index is 2780. The molecule has 0 saturated carbocycles. The summed E-state index contributed by atoms with van der Waals surface area (Å²) in [6, 6.07) is 39.3. The Morgan fingerprint density at radius 1 is 0.455 bits per heavy atom. The second-order valence-electron chi connectivity index (χ2n) is 11.1. The summed E-state index contributed by atoms with van der Waals surface area (Å²) < 4.78 is 8.44. The van der Waals surface area contributed by atoms with Gasteiger partial charge < -0.3 is 4.42 Å². The van der Waals surface area contributed by atoms with Gasteiger partial charge in [0.2, 0.25) is 5.95 Å². The highest BCUT2D eigenvalue weighted by Gasteiger charge is 2.19. The van der Waals surface area contributed by atoms with E-state index in [4.69, 9.17) is 24.4 Å². The zero-order valence-electron chi connectivity index (χ0n) is 23.3. The molecule has 0 radical (unpaired) electrons. The first kappa shape index (κ1) is 23.4. The molecule has 0 atom stereocenters. The van der Waals surface area contributed by atoms with E-state index in [0.717, 1.165) is 81.9 Å². The van der Waals surface area contributed by atoms with Crippen LogP contribution in [0, 0.1) is 0 Å². The van der Waals surface area contributed by atoms with Crippen LogP contribution in [-0.2, 0) is 0 Å². The predicted molar refractivity (Wildman–Crippen MR) is 177 cm³/mol. The molecule has 0 saturated heterocycles. The number of rotatable bonds is 2. The number of benzene rings is 6. The maximum Gasteiger partial charge on any atom is 0.235 e. The van der Waals surface area contributed by atoms with Crippen molar-refractivity contribution in [3.63, 3.8) is 0 Å². The minimum absolute atomic E-state index is 0.579. The molecule has 6 heteroatoms. The van der Waals surface area contributed by atoms with Crippen LogP contribution in [-0.4, -0.2) is 24.5 Å². The highest BCUT2D eigenvalue weighted by Crippen LogP contribution is 2.39. The van der Waals surface area contributed by atoms with Gasteiger partial charge in [-0.15, -0.1) is 0 Å². The number of hydrogen-bond donors (Lipinski definition) is 0. The van der Waals surface area contributed by atoms with E-state index in [9.17, 15) is 0 Å². The van der Waals surface area contributed by atoms with Gasteiger partial charge in [-0.1, -0.05) is 91.0 Å². The summed E-state index contributed by atoms with van der Waals surface area (Å²) >= 11 is 0. The number of furan rings is 1. The molecular weight excluding hydrogens is 542 g/mol. The standard InChI is InChI=1S/C38H21N5O/c1-2-10-22(11-3-1)37-39-20-29-23-12-4-5-13-24(23)30-21-40-38(42-36(30)35(29)41-37)43-31-16-8-6-14-25(31)27-18-28-26-15-7-9-17-33(26)44-34(28)19-32(27)43/h1-21H. The highest BCUT2D eigenvalue weighted by molar-refractivity contribution is 6.23. The summed E-state index contributed by atoms with van der Waals surface area (Å²) in [5.41, 5.74) is 6.28. The molecule has 0 aliphatic heterocycles. The molecule has 0 fully saturated rings. The molecule has 0 unspecified atom stereocenters. The minimum atomic E-state index is 0.579. The zero-order valence-corrected chi connectivity index (χ0v) is 23.3. The van der Waals surface area contributed by atoms with Crippen molar-refractivity contribution in [2.45, 2.75) is 0 Å². The van der Waals surface area contributed by atoms with E-state index in [1.165, 1.54) is 0 Å². The predicted octanol–water partition coefficient (Wildman–Crippen LogP) is 9.39. The van der Waals surface area contributed by atoms with Crippen LogP contribution in [0.2, 0.25) is 0 Å². The largest absolute Gasteiger partial charge is 0.456 e. The van der Waals surface area contributed by atoms with Crippen LogP contribution in [0.4, 0.5) is 0 Å². The van der Waals surface area contributed by atoms with Gasteiger partial charge >= 0.3 is 0 Å². The molecule has 0 spiro atoms. The fourth-order valence-electron chi connectivity index (χ4n) is 6.70. The Hall–Kier alpha value is -6.14. The molecule has 0 aliphatic carbocycles. The normalized spacial score (nSPS) is 12.1. The molecule has 10 aromatic rings. The van der Waals surface area contributed by atoms with Crippen LogP contribution < -0.4 is 0 Å². The topological polar surface area (TPSA) is 69.6 Å². The Balaban J connectivity index is 1.32. The van der Waals surface area contributed by atoms with Crippen molar-refractivity contribution in [1.82, 2.24) is 24.5 Å². The van der Waals surface area contributed by atoms with E-state index in [2.05, 4.69) is 65.2 Å². The van der Waals surface area contributed by atoms with Crippen molar-refractivity contribution < 1.29 is 4.42 Å². The number of hydrogen-bond acceptors (Lipinski definition) is 5. The molecule has 44 heavy (non-hydrogen) atoms. The summed E-state index contributed by atoms with van der Waals surface area (Å²) in [5, 5.41) is 8.53. The van der Waals surface area contributed by atoms with Gasteiger partial charge in [0.1, 0.15) is 22.2 Å². The molecule has 0 aliphatic rings. The zero-order chi connectivity index (χ0) is 28.8. The lowest BCUT2D eigenvalue weighted by Crippen LogP contribution is -2.02. The first-order valence-corrected chi connectivity index (χ1v) is 14.6. The number of fused-ring (bicyclic) bond motifs is 12. The lowest BCUT2D eigenvalue weighted by Gasteiger charge is -2.12. The van der Waals surface area contributed by atoms with Crippen LogP contribution in [0.25, 0.3) is 93.7 Å². The third kappa shape index (κ3) is 3.19. The van der Waals surface area contributed by atoms with Gasteiger partial charge in [0.25, 0.3) is 0 Å². The summed E-state index contributed by atoms with van der Waals surface area (Å²) in [6.07, 6.45) is 3.86. The second-order valence-corrected chi connectivity index (χ2v) is 11.1. The van der Waals surface area contributed by atoms with Crippen LogP contribution >= 0.6 is 0 Å². The van der Waals surface area contributed by atoms with Crippen LogP contribution in [0.3, 0.4) is 0 Å². The van der Waals surface area contributed by atoms with Gasteiger partial charge in [-0.25, -0.2) is 19.9 Å². The smallest absolute Gasteiger partial charge is 0.235 e. The van der Waals surface area contributed by atoms with E-state index in [0.29, 0.717) is 11.8 Å². The summed E-state index contributed by atoms with van der Waals surface area (Å²) in [6.45, 7) is 0. The lowest BCUT2D eigenvalue weighted by atomic mass is 10.0. The summed E-state index contributed by atoms with van der Waals surface area (Å²) in [7, 11) is 0. The molecule has 4 heterocycles. The van der Waals surface area contributed by atoms with Gasteiger partial charge in [-0.05, 0) is 29.0 Å². The van der Waals surface area contributed by atoms with E-state index in [1.807, 2.05) is 67.0 Å². The molecule has 204 valence electrons. The van der Waals surface area contributed by atoms with Crippen LogP contribution in [0.15, 0.2) is 132 Å². The molecular formula is C38H21N5O. The molecule has 0 amide bonds. The maximum absolute atomic E-state index is 6.31. The molecule has 6 nitrogen and oxygen atoms in total. The van der Waals surface area contributed by atoms with E-state index >= 15 is 0 Å². The Kier molecular flexibility index (Phi) is 4.63. The summed E-state index contributed by atoms with van der Waals surface area (Å²) in [5.74, 6) is 1.25. The van der Waals surface area contributed by atoms with Crippen molar-refractivity contribution in [2.75, 3.05) is 0 Å². The Morgan fingerprint density at radius 3 is 1.93 bits per heavy atom. The Labute approximate surface area is 249 Å². The average Bonchev–Trinajstić information content (AvgIpc) is 3.62. The van der Waals surface area contributed by atoms with Crippen molar-refractivity contribution in [1.29, 1.82) is 0 Å². The van der Waals surface area contributed by atoms with Crippen molar-refractivity contribution in [2.24, 2.45) is 0 Å². The average molecular weight is 564 g/mol. The molecule has 6 aromatic carbocycles. The lowest BCUT2D eigenvalue weighted by molar-refractivity contribution is 0.669. The third-order valence-electron chi connectivity index (χ3n) is 8.70. The maximum atomic E-state index is 6.31. The van der Waals surface area contributed by atoms with Gasteiger partial charge in [-0.2, -0.15) is 0 Å². The van der Waals surface area contributed by atoms with E-state index in [1.54, 1.807) is 0 Å². The van der Waals surface area contributed by atoms with Gasteiger partial charge in [0.15, 0.2) is 5.82 Å². The van der Waals surface area contributed by atoms with E-state index in [-0.39, 0.29) is 0 Å². The fourth-order valence-corrected chi connectivity index (χ4v) is 6.70. The minimum Gasteiger partial charge on any atom is -0.456 e.